The van der Waals surface area contributed by atoms with Crippen LogP contribution >= 0.6 is 0 Å². The Hall–Kier alpha value is -1.25. The largest absolute Gasteiger partial charge is 0.376 e. The molecular formula is C12H19N3. The molecule has 0 fully saturated rings. The van der Waals surface area contributed by atoms with Gasteiger partial charge < -0.3 is 9.47 Å². The summed E-state index contributed by atoms with van der Waals surface area (Å²) in [5, 5.41) is 0. The Balaban J connectivity index is 2.30. The topological polar surface area (TPSA) is 21.1 Å². The molecule has 1 aliphatic heterocycles. The first kappa shape index (κ1) is 10.3. The van der Waals surface area contributed by atoms with Crippen LogP contribution in [0.25, 0.3) is 0 Å². The molecule has 0 saturated carbocycles. The van der Waals surface area contributed by atoms with Gasteiger partial charge in [0.05, 0.1) is 5.69 Å². The lowest BCUT2D eigenvalue weighted by Gasteiger charge is -2.17. The number of aromatic nitrogens is 2. The van der Waals surface area contributed by atoms with Gasteiger partial charge in [-0.2, -0.15) is 0 Å². The lowest BCUT2D eigenvalue weighted by molar-refractivity contribution is 0.404. The van der Waals surface area contributed by atoms with Crippen LogP contribution in [0.3, 0.4) is 0 Å². The summed E-state index contributed by atoms with van der Waals surface area (Å²) in [7, 11) is 2.10. The minimum Gasteiger partial charge on any atom is -0.376 e. The smallest absolute Gasteiger partial charge is 0.114 e. The van der Waals surface area contributed by atoms with Crippen molar-refractivity contribution in [2.45, 2.75) is 32.7 Å². The minimum atomic E-state index is 0.510. The predicted octanol–water partition coefficient (Wildman–Crippen LogP) is 2.01. The maximum absolute atomic E-state index is 4.67. The van der Waals surface area contributed by atoms with Gasteiger partial charge in [0.25, 0.3) is 0 Å². The number of rotatable bonds is 1. The van der Waals surface area contributed by atoms with Gasteiger partial charge >= 0.3 is 0 Å². The van der Waals surface area contributed by atoms with Crippen molar-refractivity contribution in [1.29, 1.82) is 0 Å². The molecule has 15 heavy (non-hydrogen) atoms. The zero-order valence-corrected chi connectivity index (χ0v) is 9.82. The number of hydrogen-bond donors (Lipinski definition) is 0. The van der Waals surface area contributed by atoms with Crippen molar-refractivity contribution >= 4 is 0 Å². The van der Waals surface area contributed by atoms with E-state index in [1.165, 1.54) is 5.69 Å². The molecule has 0 atom stereocenters. The van der Waals surface area contributed by atoms with Gasteiger partial charge in [-0.15, -0.1) is 0 Å². The van der Waals surface area contributed by atoms with Gasteiger partial charge in [0.2, 0.25) is 0 Å². The summed E-state index contributed by atoms with van der Waals surface area (Å²) in [5.74, 6) is 1.67. The fourth-order valence-corrected chi connectivity index (χ4v) is 1.82. The van der Waals surface area contributed by atoms with E-state index in [0.717, 1.165) is 31.0 Å². The van der Waals surface area contributed by atoms with Crippen molar-refractivity contribution in [1.82, 2.24) is 14.5 Å². The van der Waals surface area contributed by atoms with Crippen molar-refractivity contribution < 1.29 is 0 Å². The van der Waals surface area contributed by atoms with Gasteiger partial charge in [0.15, 0.2) is 0 Å². The van der Waals surface area contributed by atoms with Crippen molar-refractivity contribution in [3.8, 4) is 0 Å². The average molecular weight is 205 g/mol. The SMILES string of the molecule is C=C1Cc2nc(C(C)C)cn2CCN1C. The number of imidazole rings is 1. The first-order valence-corrected chi connectivity index (χ1v) is 5.53. The third-order valence-corrected chi connectivity index (χ3v) is 3.05. The Labute approximate surface area is 91.4 Å². The summed E-state index contributed by atoms with van der Waals surface area (Å²) in [6, 6.07) is 0. The quantitative estimate of drug-likeness (QED) is 0.699. The molecule has 82 valence electrons. The molecular weight excluding hydrogens is 186 g/mol. The van der Waals surface area contributed by atoms with Crippen LogP contribution in [0.5, 0.6) is 0 Å². The maximum Gasteiger partial charge on any atom is 0.114 e. The fraction of sp³-hybridized carbons (Fsp3) is 0.583. The van der Waals surface area contributed by atoms with Crippen LogP contribution in [0.15, 0.2) is 18.5 Å². The molecule has 1 aromatic rings. The molecule has 1 aliphatic rings. The van der Waals surface area contributed by atoms with Crippen LogP contribution in [-0.4, -0.2) is 28.0 Å². The highest BCUT2D eigenvalue weighted by Crippen LogP contribution is 2.19. The molecule has 2 rings (SSSR count). The van der Waals surface area contributed by atoms with Gasteiger partial charge in [0, 0.05) is 38.5 Å². The third kappa shape index (κ3) is 1.91. The Bertz CT molecular complexity index is 376. The van der Waals surface area contributed by atoms with Crippen LogP contribution in [0.2, 0.25) is 0 Å². The summed E-state index contributed by atoms with van der Waals surface area (Å²) in [4.78, 5) is 6.88. The summed E-state index contributed by atoms with van der Waals surface area (Å²) in [6.45, 7) is 10.5. The second-order valence-electron chi connectivity index (χ2n) is 4.59. The molecule has 0 radical (unpaired) electrons. The highest BCUT2D eigenvalue weighted by Gasteiger charge is 2.16. The van der Waals surface area contributed by atoms with Gasteiger partial charge in [-0.05, 0) is 5.92 Å². The molecule has 2 heterocycles. The van der Waals surface area contributed by atoms with E-state index in [1.54, 1.807) is 0 Å². The molecule has 0 saturated heterocycles. The summed E-state index contributed by atoms with van der Waals surface area (Å²) < 4.78 is 2.27. The zero-order valence-electron chi connectivity index (χ0n) is 9.82. The highest BCUT2D eigenvalue weighted by molar-refractivity contribution is 5.14. The molecule has 3 heteroatoms. The van der Waals surface area contributed by atoms with E-state index in [9.17, 15) is 0 Å². The fourth-order valence-electron chi connectivity index (χ4n) is 1.82. The Kier molecular flexibility index (Phi) is 2.55. The van der Waals surface area contributed by atoms with E-state index in [0.29, 0.717) is 5.92 Å². The lowest BCUT2D eigenvalue weighted by Crippen LogP contribution is -2.19. The summed E-state index contributed by atoms with van der Waals surface area (Å²) in [6.07, 6.45) is 3.07. The first-order valence-electron chi connectivity index (χ1n) is 5.53. The van der Waals surface area contributed by atoms with Gasteiger partial charge in [0.1, 0.15) is 5.82 Å². The molecule has 0 aliphatic carbocycles. The van der Waals surface area contributed by atoms with Crippen molar-refractivity contribution in [2.75, 3.05) is 13.6 Å². The first-order chi connectivity index (χ1) is 7.08. The van der Waals surface area contributed by atoms with Crippen LogP contribution in [-0.2, 0) is 13.0 Å². The van der Waals surface area contributed by atoms with E-state index < -0.39 is 0 Å². The Morgan fingerprint density at radius 3 is 2.80 bits per heavy atom. The van der Waals surface area contributed by atoms with E-state index in [4.69, 9.17) is 0 Å². The number of allylic oxidation sites excluding steroid dienone is 1. The molecule has 0 unspecified atom stereocenters. The van der Waals surface area contributed by atoms with Gasteiger partial charge in [-0.3, -0.25) is 0 Å². The summed E-state index contributed by atoms with van der Waals surface area (Å²) >= 11 is 0. The number of nitrogens with zero attached hydrogens (tertiary/aromatic N) is 3. The monoisotopic (exact) mass is 205 g/mol. The van der Waals surface area contributed by atoms with Crippen LogP contribution in [0, 0.1) is 0 Å². The van der Waals surface area contributed by atoms with E-state index >= 15 is 0 Å². The normalized spacial score (nSPS) is 16.8. The molecule has 3 nitrogen and oxygen atoms in total. The van der Waals surface area contributed by atoms with Gasteiger partial charge in [-0.25, -0.2) is 4.98 Å². The zero-order chi connectivity index (χ0) is 11.0. The Morgan fingerprint density at radius 1 is 1.40 bits per heavy atom. The van der Waals surface area contributed by atoms with E-state index in [1.807, 2.05) is 0 Å². The van der Waals surface area contributed by atoms with E-state index in [-0.39, 0.29) is 0 Å². The predicted molar refractivity (Wildman–Crippen MR) is 61.8 cm³/mol. The number of fused-ring (bicyclic) bond motifs is 1. The molecule has 1 aromatic heterocycles. The number of likely N-dealkylation sites (N-methyl/N-ethyl adjacent to an activating group) is 1. The van der Waals surface area contributed by atoms with E-state index in [2.05, 4.69) is 48.1 Å². The molecule has 0 amide bonds. The Morgan fingerprint density at radius 2 is 2.13 bits per heavy atom. The third-order valence-electron chi connectivity index (χ3n) is 3.05. The van der Waals surface area contributed by atoms with Crippen LogP contribution < -0.4 is 0 Å². The lowest BCUT2D eigenvalue weighted by atomic mass is 10.2. The van der Waals surface area contributed by atoms with Crippen molar-refractivity contribution in [3.63, 3.8) is 0 Å². The van der Waals surface area contributed by atoms with Crippen LogP contribution in [0.1, 0.15) is 31.3 Å². The van der Waals surface area contributed by atoms with Crippen LogP contribution in [0.4, 0.5) is 0 Å². The average Bonchev–Trinajstić information content (AvgIpc) is 2.52. The molecule has 0 bridgehead atoms. The molecule has 0 spiro atoms. The van der Waals surface area contributed by atoms with Gasteiger partial charge in [-0.1, -0.05) is 20.4 Å². The summed E-state index contributed by atoms with van der Waals surface area (Å²) in [5.41, 5.74) is 2.36. The molecule has 0 N–H and O–H groups in total. The second-order valence-corrected chi connectivity index (χ2v) is 4.59. The second kappa shape index (κ2) is 3.72. The molecule has 0 aromatic carbocycles. The maximum atomic E-state index is 4.67. The van der Waals surface area contributed by atoms with Crippen molar-refractivity contribution in [3.05, 3.63) is 30.0 Å². The highest BCUT2D eigenvalue weighted by atomic mass is 15.2. The van der Waals surface area contributed by atoms with Crippen molar-refractivity contribution in [2.24, 2.45) is 0 Å². The standard InChI is InChI=1S/C12H19N3/c1-9(2)11-8-15-6-5-14(4)10(3)7-12(15)13-11/h8-9H,3,5-7H2,1-2,4H3. The minimum absolute atomic E-state index is 0.510. The number of hydrogen-bond acceptors (Lipinski definition) is 2.